The molecule has 1 aromatic rings. The van der Waals surface area contributed by atoms with E-state index in [0.29, 0.717) is 17.7 Å². The summed E-state index contributed by atoms with van der Waals surface area (Å²) in [7, 11) is 0. The van der Waals surface area contributed by atoms with E-state index in [1.165, 1.54) is 19.4 Å². The number of nitrogens with zero attached hydrogens (tertiary/aromatic N) is 2. The number of benzene rings is 1. The molecule has 0 radical (unpaired) electrons. The van der Waals surface area contributed by atoms with Crippen molar-refractivity contribution in [3.63, 3.8) is 0 Å². The van der Waals surface area contributed by atoms with Gasteiger partial charge in [-0.1, -0.05) is 26.0 Å². The lowest BCUT2D eigenvalue weighted by Gasteiger charge is -2.34. The average molecular weight is 346 g/mol. The molecule has 2 aliphatic rings. The van der Waals surface area contributed by atoms with Gasteiger partial charge in [-0.3, -0.25) is 9.69 Å². The third-order valence-electron chi connectivity index (χ3n) is 5.28. The molecule has 1 N–H and O–H groups in total. The maximum absolute atomic E-state index is 12.6. The molecule has 1 saturated heterocycles. The van der Waals surface area contributed by atoms with Crippen LogP contribution in [-0.2, 0) is 4.79 Å². The molecule has 0 unspecified atom stereocenters. The van der Waals surface area contributed by atoms with Crippen LogP contribution in [0.4, 0.5) is 0 Å². The molecule has 0 bridgehead atoms. The Kier molecular flexibility index (Phi) is 5.84. The number of ether oxygens (including phenoxy) is 1. The highest BCUT2D eigenvalue weighted by molar-refractivity contribution is 5.78. The first-order valence-electron chi connectivity index (χ1n) is 9.47. The van der Waals surface area contributed by atoms with E-state index in [4.69, 9.17) is 4.74 Å². The fourth-order valence-corrected chi connectivity index (χ4v) is 3.59. The standard InChI is InChI=1S/C20H30N2O3/c1-15(2)17-13-22(11-5-10-21(17)12-16-8-9-16)20(24)14-25-19-7-4-3-6-18(19)23/h3-4,6-7,15-17,23H,5,8-14H2,1-2H3/t17-/m0/s1. The number of hydrogen-bond donors (Lipinski definition) is 1. The molecule has 2 fully saturated rings. The summed E-state index contributed by atoms with van der Waals surface area (Å²) in [5.74, 6) is 1.82. The normalized spacial score (nSPS) is 22.0. The molecule has 25 heavy (non-hydrogen) atoms. The van der Waals surface area contributed by atoms with E-state index in [9.17, 15) is 9.90 Å². The number of hydrogen-bond acceptors (Lipinski definition) is 4. The van der Waals surface area contributed by atoms with Crippen LogP contribution in [0.15, 0.2) is 24.3 Å². The van der Waals surface area contributed by atoms with Crippen LogP contribution in [0.1, 0.15) is 33.1 Å². The van der Waals surface area contributed by atoms with E-state index in [1.54, 1.807) is 24.3 Å². The molecule has 5 heteroatoms. The Balaban J connectivity index is 1.58. The van der Waals surface area contributed by atoms with Crippen LogP contribution in [0.3, 0.4) is 0 Å². The van der Waals surface area contributed by atoms with Crippen LogP contribution in [0, 0.1) is 11.8 Å². The highest BCUT2D eigenvalue weighted by Gasteiger charge is 2.33. The summed E-state index contributed by atoms with van der Waals surface area (Å²) >= 11 is 0. The lowest BCUT2D eigenvalue weighted by Crippen LogP contribution is -2.47. The van der Waals surface area contributed by atoms with Crippen LogP contribution >= 0.6 is 0 Å². The Hall–Kier alpha value is -1.75. The van der Waals surface area contributed by atoms with Gasteiger partial charge >= 0.3 is 0 Å². The molecular formula is C20H30N2O3. The van der Waals surface area contributed by atoms with Gasteiger partial charge in [0.15, 0.2) is 18.1 Å². The van der Waals surface area contributed by atoms with Gasteiger partial charge in [0.1, 0.15) is 0 Å². The Morgan fingerprint density at radius 1 is 1.28 bits per heavy atom. The molecule has 0 aromatic heterocycles. The lowest BCUT2D eigenvalue weighted by atomic mass is 10.0. The summed E-state index contributed by atoms with van der Waals surface area (Å²) in [6.45, 7) is 8.28. The molecule has 138 valence electrons. The molecule has 1 aliphatic heterocycles. The number of amides is 1. The summed E-state index contributed by atoms with van der Waals surface area (Å²) in [6.07, 6.45) is 3.73. The van der Waals surface area contributed by atoms with Crippen LogP contribution < -0.4 is 4.74 Å². The molecule has 1 atom stereocenters. The van der Waals surface area contributed by atoms with Gasteiger partial charge in [0, 0.05) is 32.2 Å². The van der Waals surface area contributed by atoms with Gasteiger partial charge in [-0.05, 0) is 43.2 Å². The molecule has 1 amide bonds. The Morgan fingerprint density at radius 2 is 2.04 bits per heavy atom. The molecule has 1 heterocycles. The van der Waals surface area contributed by atoms with E-state index < -0.39 is 0 Å². The predicted molar refractivity (Wildman–Crippen MR) is 97.7 cm³/mol. The summed E-state index contributed by atoms with van der Waals surface area (Å²) in [5, 5.41) is 9.76. The Morgan fingerprint density at radius 3 is 2.72 bits per heavy atom. The number of carbonyl (C=O) groups is 1. The van der Waals surface area contributed by atoms with Crippen LogP contribution in [0.25, 0.3) is 0 Å². The fraction of sp³-hybridized carbons (Fsp3) is 0.650. The van der Waals surface area contributed by atoms with Crippen molar-refractivity contribution in [2.24, 2.45) is 11.8 Å². The van der Waals surface area contributed by atoms with E-state index >= 15 is 0 Å². The summed E-state index contributed by atoms with van der Waals surface area (Å²) in [6, 6.07) is 7.18. The van der Waals surface area contributed by atoms with Crippen LogP contribution in [-0.4, -0.2) is 59.6 Å². The zero-order chi connectivity index (χ0) is 17.8. The lowest BCUT2D eigenvalue weighted by molar-refractivity contribution is -0.133. The highest BCUT2D eigenvalue weighted by Crippen LogP contribution is 2.32. The number of phenolic OH excluding ortho intramolecular Hbond substituents is 1. The molecular weight excluding hydrogens is 316 g/mol. The Labute approximate surface area is 150 Å². The number of phenols is 1. The predicted octanol–water partition coefficient (Wildman–Crippen LogP) is 2.74. The summed E-state index contributed by atoms with van der Waals surface area (Å²) < 4.78 is 5.53. The van der Waals surface area contributed by atoms with Gasteiger partial charge in [-0.2, -0.15) is 0 Å². The molecule has 0 spiro atoms. The van der Waals surface area contributed by atoms with E-state index in [0.717, 1.165) is 32.0 Å². The van der Waals surface area contributed by atoms with Crippen molar-refractivity contribution >= 4 is 5.91 Å². The molecule has 1 saturated carbocycles. The molecule has 5 nitrogen and oxygen atoms in total. The third kappa shape index (κ3) is 4.88. The van der Waals surface area contributed by atoms with Crippen molar-refractivity contribution in [2.75, 3.05) is 32.8 Å². The number of para-hydroxylation sites is 2. The summed E-state index contributed by atoms with van der Waals surface area (Å²) in [4.78, 5) is 17.2. The second-order valence-electron chi connectivity index (χ2n) is 7.70. The maximum Gasteiger partial charge on any atom is 0.260 e. The zero-order valence-corrected chi connectivity index (χ0v) is 15.4. The Bertz CT molecular complexity index is 586. The van der Waals surface area contributed by atoms with Crippen molar-refractivity contribution in [2.45, 2.75) is 39.2 Å². The first kappa shape index (κ1) is 18.1. The van der Waals surface area contributed by atoms with Gasteiger partial charge in [-0.25, -0.2) is 0 Å². The summed E-state index contributed by atoms with van der Waals surface area (Å²) in [5.41, 5.74) is 0. The SMILES string of the molecule is CC(C)[C@@H]1CN(C(=O)COc2ccccc2O)CCCN1CC1CC1. The topological polar surface area (TPSA) is 53.0 Å². The minimum atomic E-state index is -0.0228. The van der Waals surface area contributed by atoms with Crippen molar-refractivity contribution in [3.05, 3.63) is 24.3 Å². The van der Waals surface area contributed by atoms with Gasteiger partial charge in [0.25, 0.3) is 5.91 Å². The quantitative estimate of drug-likeness (QED) is 0.860. The van der Waals surface area contributed by atoms with E-state index in [2.05, 4.69) is 18.7 Å². The maximum atomic E-state index is 12.6. The largest absolute Gasteiger partial charge is 0.504 e. The zero-order valence-electron chi connectivity index (χ0n) is 15.4. The minimum absolute atomic E-state index is 0.00201. The highest BCUT2D eigenvalue weighted by atomic mass is 16.5. The first-order valence-corrected chi connectivity index (χ1v) is 9.47. The van der Waals surface area contributed by atoms with Crippen LogP contribution in [0.2, 0.25) is 0 Å². The van der Waals surface area contributed by atoms with E-state index in [-0.39, 0.29) is 18.3 Å². The van der Waals surface area contributed by atoms with Gasteiger partial charge < -0.3 is 14.7 Å². The second kappa shape index (κ2) is 8.09. The van der Waals surface area contributed by atoms with Crippen LogP contribution in [0.5, 0.6) is 11.5 Å². The van der Waals surface area contributed by atoms with Crippen molar-refractivity contribution in [1.82, 2.24) is 9.80 Å². The van der Waals surface area contributed by atoms with Crippen molar-refractivity contribution in [3.8, 4) is 11.5 Å². The first-order chi connectivity index (χ1) is 12.0. The third-order valence-corrected chi connectivity index (χ3v) is 5.28. The van der Waals surface area contributed by atoms with Crippen molar-refractivity contribution in [1.29, 1.82) is 0 Å². The number of aromatic hydroxyl groups is 1. The fourth-order valence-electron chi connectivity index (χ4n) is 3.59. The van der Waals surface area contributed by atoms with Crippen molar-refractivity contribution < 1.29 is 14.6 Å². The smallest absolute Gasteiger partial charge is 0.260 e. The molecule has 1 aliphatic carbocycles. The second-order valence-corrected chi connectivity index (χ2v) is 7.70. The molecule has 1 aromatic carbocycles. The molecule has 3 rings (SSSR count). The number of rotatable bonds is 6. The van der Waals surface area contributed by atoms with E-state index in [1.807, 2.05) is 4.90 Å². The average Bonchev–Trinajstić information content (AvgIpc) is 3.41. The van der Waals surface area contributed by atoms with Gasteiger partial charge in [0.2, 0.25) is 0 Å². The number of carbonyl (C=O) groups excluding carboxylic acids is 1. The van der Waals surface area contributed by atoms with Gasteiger partial charge in [0.05, 0.1) is 0 Å². The minimum Gasteiger partial charge on any atom is -0.504 e. The monoisotopic (exact) mass is 346 g/mol. The van der Waals surface area contributed by atoms with Gasteiger partial charge in [-0.15, -0.1) is 0 Å².